The summed E-state index contributed by atoms with van der Waals surface area (Å²) in [5.74, 6) is 5.37. The third-order valence-electron chi connectivity index (χ3n) is 12.0. The number of ether oxygens (including phenoxy) is 1. The molecule has 58 heavy (non-hydrogen) atoms. The van der Waals surface area contributed by atoms with E-state index in [0.29, 0.717) is 29.6 Å². The summed E-state index contributed by atoms with van der Waals surface area (Å²) in [6.07, 6.45) is 13.3. The zero-order chi connectivity index (χ0) is 40.5. The Morgan fingerprint density at radius 3 is 1.36 bits per heavy atom. The van der Waals surface area contributed by atoms with Crippen LogP contribution in [0, 0.1) is 0 Å². The van der Waals surface area contributed by atoms with Crippen molar-refractivity contribution >= 4 is 0 Å². The highest BCUT2D eigenvalue weighted by atomic mass is 16.5. The molecular formula is C53H58N4O. The highest BCUT2D eigenvalue weighted by molar-refractivity contribution is 5.72. The van der Waals surface area contributed by atoms with Crippen molar-refractivity contribution in [1.82, 2.24) is 19.1 Å². The number of nitrogens with zero attached hydrogens (tertiary/aromatic N) is 4. The lowest BCUT2D eigenvalue weighted by Crippen LogP contribution is -2.10. The van der Waals surface area contributed by atoms with Crippen LogP contribution in [0.1, 0.15) is 138 Å². The highest BCUT2D eigenvalue weighted by Gasteiger charge is 2.25. The molecule has 0 saturated heterocycles. The van der Waals surface area contributed by atoms with E-state index in [2.05, 4.69) is 168 Å². The quantitative estimate of drug-likeness (QED) is 0.124. The van der Waals surface area contributed by atoms with Gasteiger partial charge < -0.3 is 4.74 Å². The van der Waals surface area contributed by atoms with Crippen LogP contribution in [0.25, 0.3) is 45.3 Å². The van der Waals surface area contributed by atoms with Crippen LogP contribution in [0.3, 0.4) is 0 Å². The Kier molecular flexibility index (Phi) is 11.2. The van der Waals surface area contributed by atoms with E-state index in [1.54, 1.807) is 0 Å². The van der Waals surface area contributed by atoms with E-state index in [-0.39, 0.29) is 0 Å². The number of hydrogen-bond donors (Lipinski definition) is 0. The first-order chi connectivity index (χ1) is 28.1. The normalized spacial score (nSPS) is 13.4. The molecule has 1 aliphatic rings. The Labute approximate surface area is 345 Å². The Bertz CT molecular complexity index is 2450. The van der Waals surface area contributed by atoms with Gasteiger partial charge >= 0.3 is 0 Å². The Hall–Kier alpha value is -5.68. The van der Waals surface area contributed by atoms with Crippen LogP contribution < -0.4 is 4.74 Å². The second kappa shape index (κ2) is 16.7. The average molecular weight is 767 g/mol. The van der Waals surface area contributed by atoms with Gasteiger partial charge in [0.15, 0.2) is 0 Å². The smallest absolute Gasteiger partial charge is 0.144 e. The van der Waals surface area contributed by atoms with Crippen LogP contribution in [-0.4, -0.2) is 19.1 Å². The molecule has 1 fully saturated rings. The molecule has 0 unspecified atom stereocenters. The summed E-state index contributed by atoms with van der Waals surface area (Å²) in [7, 11) is 0. The van der Waals surface area contributed by atoms with Crippen molar-refractivity contribution in [3.05, 3.63) is 156 Å². The van der Waals surface area contributed by atoms with Crippen molar-refractivity contribution in [2.24, 2.45) is 0 Å². The highest BCUT2D eigenvalue weighted by Crippen LogP contribution is 2.42. The maximum atomic E-state index is 6.66. The van der Waals surface area contributed by atoms with Crippen LogP contribution in [0.15, 0.2) is 128 Å². The topological polar surface area (TPSA) is 44.9 Å². The van der Waals surface area contributed by atoms with Crippen LogP contribution in [-0.2, 0) is 0 Å². The fourth-order valence-electron chi connectivity index (χ4n) is 8.92. The van der Waals surface area contributed by atoms with Gasteiger partial charge in [-0.05, 0) is 118 Å². The van der Waals surface area contributed by atoms with E-state index in [4.69, 9.17) is 14.7 Å². The van der Waals surface area contributed by atoms with Gasteiger partial charge in [-0.15, -0.1) is 0 Å². The number of imidazole rings is 2. The summed E-state index contributed by atoms with van der Waals surface area (Å²) in [6, 6.07) is 37.1. The summed E-state index contributed by atoms with van der Waals surface area (Å²) >= 11 is 0. The van der Waals surface area contributed by atoms with E-state index in [9.17, 15) is 0 Å². The fourth-order valence-corrected chi connectivity index (χ4v) is 8.92. The lowest BCUT2D eigenvalue weighted by molar-refractivity contribution is 0.483. The summed E-state index contributed by atoms with van der Waals surface area (Å²) < 4.78 is 11.2. The third kappa shape index (κ3) is 7.79. The van der Waals surface area contributed by atoms with Gasteiger partial charge in [0.1, 0.15) is 23.1 Å². The summed E-state index contributed by atoms with van der Waals surface area (Å²) in [4.78, 5) is 9.90. The number of rotatable bonds is 12. The van der Waals surface area contributed by atoms with E-state index >= 15 is 0 Å². The first-order valence-electron chi connectivity index (χ1n) is 21.4. The molecule has 0 atom stereocenters. The first-order valence-corrected chi connectivity index (χ1v) is 21.4. The lowest BCUT2D eigenvalue weighted by Gasteiger charge is -2.25. The molecule has 0 bridgehead atoms. The average Bonchev–Trinajstić information content (AvgIpc) is 4.04. The minimum absolute atomic E-state index is 0.314. The molecule has 1 saturated carbocycles. The Morgan fingerprint density at radius 2 is 0.914 bits per heavy atom. The van der Waals surface area contributed by atoms with Gasteiger partial charge in [0, 0.05) is 35.9 Å². The first kappa shape index (κ1) is 39.2. The van der Waals surface area contributed by atoms with Crippen LogP contribution in [0.5, 0.6) is 11.5 Å². The minimum Gasteiger partial charge on any atom is -0.457 e. The van der Waals surface area contributed by atoms with Crippen LogP contribution in [0.4, 0.5) is 0 Å². The SMILES string of the molecule is CC(C)c1cc(-c2ccccc2)cc(C(C)C)c1-n1ccnc1-c1cccc(Oc2cccc(-c3nccn3-c3c(C(C)C)cc(C4CCCC4)cc3C(C)C)c2)c1. The van der Waals surface area contributed by atoms with Crippen molar-refractivity contribution in [3.8, 4) is 56.8 Å². The molecule has 5 aromatic carbocycles. The molecule has 5 heteroatoms. The monoisotopic (exact) mass is 766 g/mol. The third-order valence-corrected chi connectivity index (χ3v) is 12.0. The maximum Gasteiger partial charge on any atom is 0.144 e. The molecule has 0 radical (unpaired) electrons. The molecule has 8 rings (SSSR count). The van der Waals surface area contributed by atoms with Gasteiger partial charge in [0.05, 0.1) is 11.4 Å². The van der Waals surface area contributed by atoms with E-state index in [1.165, 1.54) is 76.0 Å². The maximum absolute atomic E-state index is 6.66. The van der Waals surface area contributed by atoms with Gasteiger partial charge in [0.25, 0.3) is 0 Å². The summed E-state index contributed by atoms with van der Waals surface area (Å²) in [5.41, 5.74) is 13.9. The number of benzene rings is 5. The molecule has 2 heterocycles. The molecule has 7 aromatic rings. The van der Waals surface area contributed by atoms with Gasteiger partial charge in [-0.1, -0.05) is 135 Å². The lowest BCUT2D eigenvalue weighted by atomic mass is 9.86. The molecule has 0 N–H and O–H groups in total. The Balaban J connectivity index is 1.13. The summed E-state index contributed by atoms with van der Waals surface area (Å²) in [6.45, 7) is 18.4. The van der Waals surface area contributed by atoms with Crippen molar-refractivity contribution in [2.75, 3.05) is 0 Å². The molecule has 2 aromatic heterocycles. The number of hydrogen-bond acceptors (Lipinski definition) is 3. The van der Waals surface area contributed by atoms with Gasteiger partial charge in [0.2, 0.25) is 0 Å². The molecule has 296 valence electrons. The van der Waals surface area contributed by atoms with E-state index < -0.39 is 0 Å². The summed E-state index contributed by atoms with van der Waals surface area (Å²) in [5, 5.41) is 0. The van der Waals surface area contributed by atoms with Crippen molar-refractivity contribution in [2.45, 2.75) is 111 Å². The van der Waals surface area contributed by atoms with Crippen molar-refractivity contribution in [3.63, 3.8) is 0 Å². The molecule has 0 amide bonds. The largest absolute Gasteiger partial charge is 0.457 e. The predicted octanol–water partition coefficient (Wildman–Crippen LogP) is 15.0. The number of aromatic nitrogens is 4. The van der Waals surface area contributed by atoms with Crippen molar-refractivity contribution in [1.29, 1.82) is 0 Å². The van der Waals surface area contributed by atoms with Gasteiger partial charge in [-0.2, -0.15) is 0 Å². The minimum atomic E-state index is 0.314. The predicted molar refractivity (Wildman–Crippen MR) is 241 cm³/mol. The zero-order valence-corrected chi connectivity index (χ0v) is 35.5. The second-order valence-electron chi connectivity index (χ2n) is 17.4. The van der Waals surface area contributed by atoms with Crippen molar-refractivity contribution < 1.29 is 4.74 Å². The van der Waals surface area contributed by atoms with Crippen LogP contribution in [0.2, 0.25) is 0 Å². The molecular weight excluding hydrogens is 709 g/mol. The van der Waals surface area contributed by atoms with E-state index in [1.807, 2.05) is 24.5 Å². The Morgan fingerprint density at radius 1 is 0.483 bits per heavy atom. The molecule has 1 aliphatic carbocycles. The molecule has 0 spiro atoms. The molecule has 5 nitrogen and oxygen atoms in total. The van der Waals surface area contributed by atoms with Gasteiger partial charge in [-0.3, -0.25) is 9.13 Å². The standard InChI is InChI=1S/C53H58N4O/c1-34(2)46-30-42(38-16-10-9-11-17-38)31-47(35(3)4)50(46)56-26-24-54-52(56)40-20-14-22-44(28-40)58-45-23-15-21-41(29-45)53-55-25-27-57(53)51-48(36(5)6)32-43(33-49(51)37(7)8)39-18-12-13-19-39/h9-11,14-17,20-37,39H,12-13,18-19H2,1-8H3. The zero-order valence-electron chi connectivity index (χ0n) is 35.5. The van der Waals surface area contributed by atoms with Gasteiger partial charge in [-0.25, -0.2) is 9.97 Å². The van der Waals surface area contributed by atoms with Crippen LogP contribution >= 0.6 is 0 Å². The van der Waals surface area contributed by atoms with E-state index in [0.717, 1.165) is 34.3 Å². The second-order valence-corrected chi connectivity index (χ2v) is 17.4. The fraction of sp³-hybridized carbons (Fsp3) is 0.321. The molecule has 0 aliphatic heterocycles.